The molecular formula is C71H52N4. The number of rotatable bonds is 5. The van der Waals surface area contributed by atoms with Gasteiger partial charge in [0.05, 0.1) is 45.5 Å². The maximum atomic E-state index is 2.51. The van der Waals surface area contributed by atoms with Crippen molar-refractivity contribution in [1.82, 2.24) is 0 Å². The van der Waals surface area contributed by atoms with E-state index in [4.69, 9.17) is 0 Å². The van der Waals surface area contributed by atoms with Gasteiger partial charge in [-0.05, 0) is 167 Å². The molecule has 0 fully saturated rings. The average molecular weight is 961 g/mol. The minimum absolute atomic E-state index is 0.174. The van der Waals surface area contributed by atoms with E-state index < -0.39 is 0 Å². The lowest BCUT2D eigenvalue weighted by Crippen LogP contribution is -2.24. The first-order chi connectivity index (χ1) is 36.8. The Kier molecular flexibility index (Phi) is 9.40. The van der Waals surface area contributed by atoms with Crippen LogP contribution >= 0.6 is 0 Å². The monoisotopic (exact) mass is 960 g/mol. The lowest BCUT2D eigenvalue weighted by molar-refractivity contribution is 0.660. The topological polar surface area (TPSA) is 13.0 Å². The Hall–Kier alpha value is -9.38. The van der Waals surface area contributed by atoms with E-state index in [9.17, 15) is 0 Å². The van der Waals surface area contributed by atoms with Crippen LogP contribution in [0.15, 0.2) is 243 Å². The second-order valence-electron chi connectivity index (χ2n) is 21.0. The molecule has 12 aromatic carbocycles. The summed E-state index contributed by atoms with van der Waals surface area (Å²) in [5.41, 5.74) is 24.0. The summed E-state index contributed by atoms with van der Waals surface area (Å²) in [7, 11) is 4.36. The zero-order valence-corrected chi connectivity index (χ0v) is 42.4. The van der Waals surface area contributed by atoms with Crippen molar-refractivity contribution in [3.05, 3.63) is 254 Å². The van der Waals surface area contributed by atoms with Gasteiger partial charge in [0.25, 0.3) is 0 Å². The van der Waals surface area contributed by atoms with Crippen molar-refractivity contribution >= 4 is 89.2 Å². The standard InChI is InChI=1S/C71H52N4/c1-71(2)59-23-8-7-21-53(59)54-39-36-48(42-60(54)71)70-56-41-38-49(74-65-28-13-9-24-61(65)72(3)62-25-10-14-29-66(62)74)43-57(56)69(47-34-32-46(33-35-47)52-22-17-19-45-18-5-6-20-51(45)52)55-40-37-50(44-58(55)70)75-67-30-15-11-26-63(67)73(4)64-27-12-16-31-68(64)75/h5-44H,1-4H3. The second kappa shape index (κ2) is 16.3. The Balaban J connectivity index is 1.04. The molecule has 4 heteroatoms. The van der Waals surface area contributed by atoms with E-state index in [0.29, 0.717) is 0 Å². The zero-order valence-electron chi connectivity index (χ0n) is 42.4. The average Bonchev–Trinajstić information content (AvgIpc) is 3.71. The molecule has 12 aromatic rings. The summed E-state index contributed by atoms with van der Waals surface area (Å²) in [5, 5.41) is 7.32. The lowest BCUT2D eigenvalue weighted by Gasteiger charge is -2.39. The molecule has 356 valence electrons. The molecule has 0 saturated heterocycles. The van der Waals surface area contributed by atoms with Gasteiger partial charge in [-0.1, -0.05) is 178 Å². The number of fused-ring (bicyclic) bond motifs is 10. The minimum atomic E-state index is -0.174. The van der Waals surface area contributed by atoms with E-state index in [1.54, 1.807) is 0 Å². The summed E-state index contributed by atoms with van der Waals surface area (Å²) in [4.78, 5) is 9.56. The van der Waals surface area contributed by atoms with Gasteiger partial charge in [-0.15, -0.1) is 0 Å². The first-order valence-corrected chi connectivity index (χ1v) is 26.1. The van der Waals surface area contributed by atoms with Crippen LogP contribution in [0.2, 0.25) is 0 Å². The van der Waals surface area contributed by atoms with Crippen molar-refractivity contribution in [3.63, 3.8) is 0 Å². The Bertz CT molecular complexity index is 4240. The van der Waals surface area contributed by atoms with Crippen molar-refractivity contribution < 1.29 is 0 Å². The normalized spacial score (nSPS) is 13.9. The minimum Gasteiger partial charge on any atom is -0.341 e. The Labute approximate surface area is 438 Å². The number of para-hydroxylation sites is 8. The van der Waals surface area contributed by atoms with Gasteiger partial charge >= 0.3 is 0 Å². The van der Waals surface area contributed by atoms with Crippen LogP contribution < -0.4 is 19.6 Å². The predicted molar refractivity (Wildman–Crippen MR) is 318 cm³/mol. The summed E-state index contributed by atoms with van der Waals surface area (Å²) in [6, 6.07) is 90.6. The molecule has 0 N–H and O–H groups in total. The van der Waals surface area contributed by atoms with E-state index in [-0.39, 0.29) is 5.41 Å². The lowest BCUT2D eigenvalue weighted by atomic mass is 9.80. The van der Waals surface area contributed by atoms with E-state index in [1.165, 1.54) is 111 Å². The van der Waals surface area contributed by atoms with E-state index in [1.807, 2.05) is 0 Å². The fraction of sp³-hybridized carbons (Fsp3) is 0.0704. The van der Waals surface area contributed by atoms with Gasteiger partial charge < -0.3 is 19.6 Å². The van der Waals surface area contributed by atoms with Crippen molar-refractivity contribution in [2.45, 2.75) is 19.3 Å². The summed E-state index contributed by atoms with van der Waals surface area (Å²) in [5.74, 6) is 0. The van der Waals surface area contributed by atoms with Crippen LogP contribution in [0.5, 0.6) is 0 Å². The maximum Gasteiger partial charge on any atom is 0.0699 e. The van der Waals surface area contributed by atoms with Gasteiger partial charge in [0.2, 0.25) is 0 Å². The predicted octanol–water partition coefficient (Wildman–Crippen LogP) is 19.6. The quantitative estimate of drug-likeness (QED) is 0.159. The van der Waals surface area contributed by atoms with Crippen molar-refractivity contribution in [3.8, 4) is 44.5 Å². The second-order valence-corrected chi connectivity index (χ2v) is 21.0. The van der Waals surface area contributed by atoms with Crippen molar-refractivity contribution in [1.29, 1.82) is 0 Å². The molecule has 0 atom stereocenters. The van der Waals surface area contributed by atoms with Crippen LogP contribution in [0.3, 0.4) is 0 Å². The third kappa shape index (κ3) is 6.36. The number of hydrogen-bond donors (Lipinski definition) is 0. The third-order valence-corrected chi connectivity index (χ3v) is 16.7. The maximum absolute atomic E-state index is 2.51. The summed E-state index contributed by atoms with van der Waals surface area (Å²) >= 11 is 0. The molecule has 15 rings (SSSR count). The van der Waals surface area contributed by atoms with Crippen molar-refractivity contribution in [2.24, 2.45) is 0 Å². The zero-order chi connectivity index (χ0) is 50.1. The number of hydrogen-bond acceptors (Lipinski definition) is 4. The molecular weight excluding hydrogens is 909 g/mol. The smallest absolute Gasteiger partial charge is 0.0699 e. The SMILES string of the molecule is CN1c2ccccc2N(c2ccc3c(-c4ccc5c(c4)C(C)(C)c4ccccc4-5)c4cc(N5c6ccccc6N(C)c6ccccc65)ccc4c(-c4ccc(-c5cccc6ccccc56)cc4)c3c2)c2ccccc21. The highest BCUT2D eigenvalue weighted by Crippen LogP contribution is 2.56. The fourth-order valence-corrected chi connectivity index (χ4v) is 13.1. The Morgan fingerprint density at radius 3 is 1.25 bits per heavy atom. The van der Waals surface area contributed by atoms with Crippen LogP contribution in [0.25, 0.3) is 76.8 Å². The highest BCUT2D eigenvalue weighted by Gasteiger charge is 2.36. The first-order valence-electron chi connectivity index (χ1n) is 26.1. The summed E-state index contributed by atoms with van der Waals surface area (Å²) in [6.45, 7) is 4.78. The summed E-state index contributed by atoms with van der Waals surface area (Å²) in [6.07, 6.45) is 0. The largest absolute Gasteiger partial charge is 0.341 e. The van der Waals surface area contributed by atoms with Gasteiger partial charge in [0, 0.05) is 30.9 Å². The highest BCUT2D eigenvalue weighted by atomic mass is 15.3. The Morgan fingerprint density at radius 1 is 0.280 bits per heavy atom. The number of nitrogens with zero attached hydrogens (tertiary/aromatic N) is 4. The number of benzene rings is 12. The van der Waals surface area contributed by atoms with Crippen LogP contribution in [0.1, 0.15) is 25.0 Å². The third-order valence-electron chi connectivity index (χ3n) is 16.7. The molecule has 4 nitrogen and oxygen atoms in total. The molecule has 0 radical (unpaired) electrons. The number of anilines is 10. The Morgan fingerprint density at radius 2 is 0.693 bits per heavy atom. The molecule has 0 bridgehead atoms. The van der Waals surface area contributed by atoms with Gasteiger partial charge in [-0.25, -0.2) is 0 Å². The van der Waals surface area contributed by atoms with E-state index in [2.05, 4.69) is 290 Å². The molecule has 0 amide bonds. The summed E-state index contributed by atoms with van der Waals surface area (Å²) < 4.78 is 0. The molecule has 3 aliphatic rings. The van der Waals surface area contributed by atoms with Gasteiger partial charge in [-0.3, -0.25) is 0 Å². The fourth-order valence-electron chi connectivity index (χ4n) is 13.1. The van der Waals surface area contributed by atoms with Gasteiger partial charge in [0.15, 0.2) is 0 Å². The highest BCUT2D eigenvalue weighted by molar-refractivity contribution is 6.23. The van der Waals surface area contributed by atoms with Crippen LogP contribution in [-0.4, -0.2) is 14.1 Å². The molecule has 2 heterocycles. The molecule has 1 aliphatic carbocycles. The van der Waals surface area contributed by atoms with E-state index >= 15 is 0 Å². The first kappa shape index (κ1) is 43.2. The van der Waals surface area contributed by atoms with Crippen molar-refractivity contribution in [2.75, 3.05) is 33.7 Å². The molecule has 0 aromatic heterocycles. The van der Waals surface area contributed by atoms with Crippen LogP contribution in [0, 0.1) is 0 Å². The van der Waals surface area contributed by atoms with E-state index in [0.717, 1.165) is 34.1 Å². The molecule has 75 heavy (non-hydrogen) atoms. The molecule has 0 spiro atoms. The molecule has 0 unspecified atom stereocenters. The molecule has 2 aliphatic heterocycles. The van der Waals surface area contributed by atoms with Crippen LogP contribution in [-0.2, 0) is 5.41 Å². The van der Waals surface area contributed by atoms with Crippen LogP contribution in [0.4, 0.5) is 56.9 Å². The van der Waals surface area contributed by atoms with Gasteiger partial charge in [-0.2, -0.15) is 0 Å². The molecule has 0 saturated carbocycles. The van der Waals surface area contributed by atoms with Gasteiger partial charge in [0.1, 0.15) is 0 Å².